The van der Waals surface area contributed by atoms with E-state index in [0.29, 0.717) is 19.5 Å². The number of alkyl carbamates (subject to hydrolysis) is 1. The lowest BCUT2D eigenvalue weighted by atomic mass is 10.0. The molecule has 1 aromatic heterocycles. The van der Waals surface area contributed by atoms with E-state index in [-0.39, 0.29) is 18.9 Å². The predicted octanol–water partition coefficient (Wildman–Crippen LogP) is 0.950. The Morgan fingerprint density at radius 1 is 1.24 bits per heavy atom. The molecule has 2 heterocycles. The molecule has 3 N–H and O–H groups in total. The van der Waals surface area contributed by atoms with Crippen LogP contribution in [0.1, 0.15) is 31.4 Å². The third-order valence-electron chi connectivity index (χ3n) is 5.27. The first-order valence-electron chi connectivity index (χ1n) is 10.9. The quantitative estimate of drug-likeness (QED) is 0.556. The third kappa shape index (κ3) is 6.90. The molecule has 0 fully saturated rings. The molecule has 2 aromatic rings. The molecule has 3 amide bonds. The van der Waals surface area contributed by atoms with Crippen LogP contribution < -0.4 is 16.0 Å². The Morgan fingerprint density at radius 2 is 2.00 bits per heavy atom. The first kappa shape index (κ1) is 24.0. The molecule has 0 saturated carbocycles. The van der Waals surface area contributed by atoms with Crippen molar-refractivity contribution in [2.45, 2.75) is 51.9 Å². The van der Waals surface area contributed by atoms with Gasteiger partial charge in [-0.1, -0.05) is 44.2 Å². The fourth-order valence-electron chi connectivity index (χ4n) is 3.46. The standard InChI is InChI=1S/C23H29N5O5/c1-15(2)19(27-23(32)33-14-16-7-4-3-5-8-16)21(30)26-18-11-17-12-25-28(13-17)10-6-9-24-22(31)20(18)29/h3-5,7-8,12-13,15,18-19H,6,9-11,14H2,1-2H3,(H,24,31)(H,26,30)(H,27,32). The summed E-state index contributed by atoms with van der Waals surface area (Å²) >= 11 is 0. The molecular weight excluding hydrogens is 426 g/mol. The molecule has 2 bridgehead atoms. The molecule has 1 aromatic carbocycles. The van der Waals surface area contributed by atoms with Crippen LogP contribution in [-0.2, 0) is 38.7 Å². The first-order valence-corrected chi connectivity index (χ1v) is 10.9. The molecular formula is C23H29N5O5. The number of hydrogen-bond acceptors (Lipinski definition) is 6. The fourth-order valence-corrected chi connectivity index (χ4v) is 3.46. The zero-order valence-electron chi connectivity index (χ0n) is 18.7. The summed E-state index contributed by atoms with van der Waals surface area (Å²) in [5.41, 5.74) is 1.53. The van der Waals surface area contributed by atoms with Crippen molar-refractivity contribution in [2.75, 3.05) is 6.54 Å². The van der Waals surface area contributed by atoms with E-state index in [9.17, 15) is 19.2 Å². The van der Waals surface area contributed by atoms with E-state index in [1.807, 2.05) is 30.3 Å². The highest BCUT2D eigenvalue weighted by Gasteiger charge is 2.32. The predicted molar refractivity (Wildman–Crippen MR) is 119 cm³/mol. The van der Waals surface area contributed by atoms with Crippen molar-refractivity contribution >= 4 is 23.7 Å². The number of nitrogens with zero attached hydrogens (tertiary/aromatic N) is 2. The van der Waals surface area contributed by atoms with Crippen LogP contribution in [0.3, 0.4) is 0 Å². The number of hydrogen-bond donors (Lipinski definition) is 3. The van der Waals surface area contributed by atoms with Crippen LogP contribution in [0.25, 0.3) is 0 Å². The topological polar surface area (TPSA) is 131 Å². The number of carbonyl (C=O) groups is 4. The minimum absolute atomic E-state index is 0.0599. The van der Waals surface area contributed by atoms with Gasteiger partial charge in [0.05, 0.1) is 6.20 Å². The Balaban J connectivity index is 1.66. The van der Waals surface area contributed by atoms with Crippen molar-refractivity contribution in [3.63, 3.8) is 0 Å². The van der Waals surface area contributed by atoms with E-state index in [4.69, 9.17) is 4.74 Å². The van der Waals surface area contributed by atoms with Gasteiger partial charge in [-0.3, -0.25) is 19.1 Å². The number of aromatic nitrogens is 2. The van der Waals surface area contributed by atoms with E-state index >= 15 is 0 Å². The van der Waals surface area contributed by atoms with Gasteiger partial charge < -0.3 is 20.7 Å². The molecule has 3 rings (SSSR count). The van der Waals surface area contributed by atoms with Crippen LogP contribution in [-0.4, -0.2) is 52.1 Å². The second kappa shape index (κ2) is 11.3. The number of ketones is 1. The number of nitrogens with one attached hydrogen (secondary N) is 3. The van der Waals surface area contributed by atoms with Crippen molar-refractivity contribution in [3.8, 4) is 0 Å². The number of carbonyl (C=O) groups excluding carboxylic acids is 4. The zero-order chi connectivity index (χ0) is 23.8. The van der Waals surface area contributed by atoms with Crippen molar-refractivity contribution in [3.05, 3.63) is 53.9 Å². The Labute approximate surface area is 192 Å². The molecule has 1 aliphatic rings. The third-order valence-corrected chi connectivity index (χ3v) is 5.27. The summed E-state index contributed by atoms with van der Waals surface area (Å²) in [5.74, 6) is -2.35. The van der Waals surface area contributed by atoms with E-state index in [0.717, 1.165) is 11.1 Å². The van der Waals surface area contributed by atoms with Gasteiger partial charge in [0.15, 0.2) is 0 Å². The summed E-state index contributed by atoms with van der Waals surface area (Å²) < 4.78 is 6.95. The number of rotatable bonds is 6. The highest BCUT2D eigenvalue weighted by molar-refractivity contribution is 6.38. The van der Waals surface area contributed by atoms with Crippen LogP contribution in [0.4, 0.5) is 4.79 Å². The van der Waals surface area contributed by atoms with E-state index in [1.165, 1.54) is 0 Å². The molecule has 2 atom stereocenters. The Kier molecular flexibility index (Phi) is 8.17. The van der Waals surface area contributed by atoms with Crippen LogP contribution in [0.5, 0.6) is 0 Å². The van der Waals surface area contributed by atoms with Crippen LogP contribution in [0.15, 0.2) is 42.7 Å². The maximum absolute atomic E-state index is 13.0. The van der Waals surface area contributed by atoms with Gasteiger partial charge in [0.25, 0.3) is 5.91 Å². The molecule has 0 aliphatic carbocycles. The van der Waals surface area contributed by atoms with Gasteiger partial charge in [0.2, 0.25) is 11.7 Å². The second-order valence-electron chi connectivity index (χ2n) is 8.28. The summed E-state index contributed by atoms with van der Waals surface area (Å²) in [4.78, 5) is 50.3. The average Bonchev–Trinajstić information content (AvgIpc) is 3.24. The Bertz CT molecular complexity index is 988. The van der Waals surface area contributed by atoms with Gasteiger partial charge in [0.1, 0.15) is 18.7 Å². The monoisotopic (exact) mass is 455 g/mol. The van der Waals surface area contributed by atoms with Gasteiger partial charge in [0, 0.05) is 25.7 Å². The maximum Gasteiger partial charge on any atom is 0.408 e. The Morgan fingerprint density at radius 3 is 2.73 bits per heavy atom. The van der Waals surface area contributed by atoms with Gasteiger partial charge in [-0.15, -0.1) is 0 Å². The van der Waals surface area contributed by atoms with Crippen LogP contribution >= 0.6 is 0 Å². The number of ether oxygens (including phenoxy) is 1. The van der Waals surface area contributed by atoms with Gasteiger partial charge in [-0.2, -0.15) is 5.10 Å². The van der Waals surface area contributed by atoms with Gasteiger partial charge in [-0.05, 0) is 23.5 Å². The van der Waals surface area contributed by atoms with Crippen LogP contribution in [0, 0.1) is 5.92 Å². The van der Waals surface area contributed by atoms with E-state index < -0.39 is 35.8 Å². The molecule has 176 valence electrons. The van der Waals surface area contributed by atoms with E-state index in [1.54, 1.807) is 30.9 Å². The molecule has 0 spiro atoms. The molecule has 0 saturated heterocycles. The van der Waals surface area contributed by atoms with Crippen molar-refractivity contribution in [1.29, 1.82) is 0 Å². The maximum atomic E-state index is 13.0. The minimum atomic E-state index is -1.09. The lowest BCUT2D eigenvalue weighted by Gasteiger charge is -2.24. The Hall–Kier alpha value is -3.69. The molecule has 0 radical (unpaired) electrons. The van der Waals surface area contributed by atoms with Crippen LogP contribution in [0.2, 0.25) is 0 Å². The smallest absolute Gasteiger partial charge is 0.408 e. The first-order chi connectivity index (χ1) is 15.8. The van der Waals surface area contributed by atoms with Crippen molar-refractivity contribution in [2.24, 2.45) is 5.92 Å². The number of benzene rings is 1. The highest BCUT2D eigenvalue weighted by atomic mass is 16.5. The largest absolute Gasteiger partial charge is 0.445 e. The summed E-state index contributed by atoms with van der Waals surface area (Å²) in [6, 6.07) is 7.12. The number of amides is 3. The molecule has 10 heteroatoms. The van der Waals surface area contributed by atoms with E-state index in [2.05, 4.69) is 21.0 Å². The SMILES string of the molecule is CC(C)C(NC(=O)OCc1ccccc1)C(=O)NC1Cc2cnn(c2)CCCNC(=O)C1=O. The van der Waals surface area contributed by atoms with Gasteiger partial charge >= 0.3 is 6.09 Å². The summed E-state index contributed by atoms with van der Waals surface area (Å²) in [7, 11) is 0. The normalized spacial score (nSPS) is 17.5. The summed E-state index contributed by atoms with van der Waals surface area (Å²) in [5, 5.41) is 12.0. The lowest BCUT2D eigenvalue weighted by molar-refractivity contribution is -0.140. The average molecular weight is 456 g/mol. The number of aryl methyl sites for hydroxylation is 1. The lowest BCUT2D eigenvalue weighted by Crippen LogP contribution is -2.56. The minimum Gasteiger partial charge on any atom is -0.445 e. The molecule has 1 aliphatic heterocycles. The molecule has 33 heavy (non-hydrogen) atoms. The van der Waals surface area contributed by atoms with Crippen molar-refractivity contribution in [1.82, 2.24) is 25.7 Å². The van der Waals surface area contributed by atoms with Gasteiger partial charge in [-0.25, -0.2) is 4.79 Å². The molecule has 10 nitrogen and oxygen atoms in total. The number of fused-ring (bicyclic) bond motifs is 2. The molecule has 2 unspecified atom stereocenters. The zero-order valence-corrected chi connectivity index (χ0v) is 18.7. The van der Waals surface area contributed by atoms with Crippen molar-refractivity contribution < 1.29 is 23.9 Å². The highest BCUT2D eigenvalue weighted by Crippen LogP contribution is 2.09. The second-order valence-corrected chi connectivity index (χ2v) is 8.28. The number of Topliss-reactive ketones (excluding diaryl/α,β-unsaturated/α-hetero) is 1. The summed E-state index contributed by atoms with van der Waals surface area (Å²) in [6.45, 7) is 4.51. The fraction of sp³-hybridized carbons (Fsp3) is 0.435. The summed E-state index contributed by atoms with van der Waals surface area (Å²) in [6.07, 6.45) is 3.40.